The molecule has 0 saturated carbocycles. The fraction of sp³-hybridized carbons (Fsp3) is 0.667. The van der Waals surface area contributed by atoms with E-state index in [2.05, 4.69) is 22.6 Å². The summed E-state index contributed by atoms with van der Waals surface area (Å²) in [7, 11) is -3.02. The van der Waals surface area contributed by atoms with E-state index in [9.17, 15) is 25.2 Å². The van der Waals surface area contributed by atoms with Crippen LogP contribution >= 0.6 is 0 Å². The molecule has 2 aliphatic rings. The van der Waals surface area contributed by atoms with Crippen molar-refractivity contribution in [3.63, 3.8) is 0 Å². The Bertz CT molecular complexity index is 1150. The SMILES string of the molecule is C[C@H]1[C@H]([Si](C)(C)F)[C@@H](CCn2cc(CCO)nn2)O[C@H]1CCc1ccc(NC(=O)[C@H]2O[C@@H](O)[C@H](O)[C@@H](O)[C@@H]2O)cc1. The smallest absolute Gasteiger partial charge is 0.256 e. The minimum absolute atomic E-state index is 0.00600. The van der Waals surface area contributed by atoms with Crippen molar-refractivity contribution in [2.24, 2.45) is 5.92 Å². The van der Waals surface area contributed by atoms with Gasteiger partial charge in [-0.25, -0.2) is 0 Å². The minimum atomic E-state index is -3.02. The third kappa shape index (κ3) is 7.56. The van der Waals surface area contributed by atoms with E-state index in [-0.39, 0.29) is 30.3 Å². The molecule has 9 atom stereocenters. The standard InChI is InChI=1S/C27H41FN4O8Si/c1-15-19(39-20(25(15)41(2,3)28)10-12-32-14-18(11-13-33)30-31-32)9-6-16-4-7-17(8-5-16)29-26(37)24-22(35)21(34)23(36)27(38)40-24/h4-5,7-8,14-15,19-25,27,33-36,38H,6,9-13H2,1-3H3,(H,29,37)/t15-,19+,20-,21+,22+,23-,24+,25+,27-/m1/s1. The normalized spacial score (nSPS) is 32.3. The Balaban J connectivity index is 1.31. The number of nitrogens with zero attached hydrogens (tertiary/aromatic N) is 3. The molecule has 0 spiro atoms. The van der Waals surface area contributed by atoms with Crippen LogP contribution in [0.15, 0.2) is 30.5 Å². The van der Waals surface area contributed by atoms with Crippen LogP contribution in [0.3, 0.4) is 0 Å². The van der Waals surface area contributed by atoms with Crippen LogP contribution in [0.1, 0.15) is 31.0 Å². The average molecular weight is 597 g/mol. The lowest BCUT2D eigenvalue weighted by atomic mass is 9.95. The van der Waals surface area contributed by atoms with Gasteiger partial charge >= 0.3 is 0 Å². The van der Waals surface area contributed by atoms with Gasteiger partial charge < -0.3 is 44.4 Å². The number of aliphatic hydroxyl groups excluding tert-OH is 5. The van der Waals surface area contributed by atoms with Gasteiger partial charge in [0.2, 0.25) is 8.41 Å². The van der Waals surface area contributed by atoms with Gasteiger partial charge in [0.25, 0.3) is 5.91 Å². The van der Waals surface area contributed by atoms with E-state index >= 15 is 4.11 Å². The number of hydrogen-bond donors (Lipinski definition) is 6. The molecular weight excluding hydrogens is 555 g/mol. The van der Waals surface area contributed by atoms with Crippen molar-refractivity contribution in [2.75, 3.05) is 11.9 Å². The zero-order valence-corrected chi connectivity index (χ0v) is 24.5. The molecule has 2 aromatic rings. The fourth-order valence-corrected chi connectivity index (χ4v) is 8.53. The van der Waals surface area contributed by atoms with Crippen molar-refractivity contribution in [1.29, 1.82) is 0 Å². The molecule has 0 aliphatic carbocycles. The second kappa shape index (κ2) is 13.3. The molecule has 0 radical (unpaired) electrons. The molecule has 4 rings (SSSR count). The monoisotopic (exact) mass is 596 g/mol. The number of aliphatic hydroxyl groups is 5. The van der Waals surface area contributed by atoms with E-state index in [0.29, 0.717) is 43.6 Å². The topological polar surface area (TPSA) is 179 Å². The Kier molecular flexibility index (Phi) is 10.3. The first kappa shape index (κ1) is 31.6. The number of halogens is 1. The number of anilines is 1. The van der Waals surface area contributed by atoms with E-state index in [0.717, 1.165) is 5.56 Å². The number of carbonyl (C=O) groups excluding carboxylic acids is 1. The summed E-state index contributed by atoms with van der Waals surface area (Å²) >= 11 is 0. The molecule has 12 nitrogen and oxygen atoms in total. The average Bonchev–Trinajstić information content (AvgIpc) is 3.51. The lowest BCUT2D eigenvalue weighted by Crippen LogP contribution is -2.60. The summed E-state index contributed by atoms with van der Waals surface area (Å²) in [6, 6.07) is 7.07. The van der Waals surface area contributed by atoms with Crippen LogP contribution in [-0.2, 0) is 33.7 Å². The lowest BCUT2D eigenvalue weighted by Gasteiger charge is -2.37. The molecule has 1 aromatic carbocycles. The van der Waals surface area contributed by atoms with Gasteiger partial charge in [0.1, 0.15) is 18.3 Å². The summed E-state index contributed by atoms with van der Waals surface area (Å²) in [5.41, 5.74) is 1.99. The number of benzene rings is 1. The summed E-state index contributed by atoms with van der Waals surface area (Å²) in [4.78, 5) is 12.6. The summed E-state index contributed by atoms with van der Waals surface area (Å²) < 4.78 is 28.5. The highest BCUT2D eigenvalue weighted by molar-refractivity contribution is 6.72. The van der Waals surface area contributed by atoms with E-state index in [1.165, 1.54) is 0 Å². The first-order valence-corrected chi connectivity index (χ1v) is 17.0. The van der Waals surface area contributed by atoms with Crippen LogP contribution in [0, 0.1) is 5.92 Å². The molecule has 14 heteroatoms. The van der Waals surface area contributed by atoms with Gasteiger partial charge in [0.15, 0.2) is 12.4 Å². The minimum Gasteiger partial charge on any atom is -0.396 e. The predicted octanol–water partition coefficient (Wildman–Crippen LogP) is 0.523. The highest BCUT2D eigenvalue weighted by Crippen LogP contribution is 2.47. The molecule has 2 fully saturated rings. The number of nitrogens with one attached hydrogen (secondary N) is 1. The predicted molar refractivity (Wildman–Crippen MR) is 148 cm³/mol. The maximum Gasteiger partial charge on any atom is 0.256 e. The zero-order valence-electron chi connectivity index (χ0n) is 23.5. The van der Waals surface area contributed by atoms with Crippen molar-refractivity contribution in [1.82, 2.24) is 15.0 Å². The van der Waals surface area contributed by atoms with Crippen LogP contribution in [0.5, 0.6) is 0 Å². The van der Waals surface area contributed by atoms with E-state index in [4.69, 9.17) is 14.6 Å². The van der Waals surface area contributed by atoms with Crippen LogP contribution < -0.4 is 5.32 Å². The summed E-state index contributed by atoms with van der Waals surface area (Å²) in [5, 5.41) is 59.0. The van der Waals surface area contributed by atoms with E-state index < -0.39 is 45.0 Å². The molecule has 1 amide bonds. The largest absolute Gasteiger partial charge is 0.396 e. The van der Waals surface area contributed by atoms with Crippen LogP contribution in [0.2, 0.25) is 18.6 Å². The number of rotatable bonds is 11. The van der Waals surface area contributed by atoms with Crippen molar-refractivity contribution < 1.29 is 43.9 Å². The second-order valence-corrected chi connectivity index (χ2v) is 15.3. The quantitative estimate of drug-likeness (QED) is 0.158. The molecule has 2 saturated heterocycles. The highest BCUT2D eigenvalue weighted by atomic mass is 28.4. The highest BCUT2D eigenvalue weighted by Gasteiger charge is 2.51. The first-order chi connectivity index (χ1) is 19.4. The molecule has 41 heavy (non-hydrogen) atoms. The molecule has 2 aliphatic heterocycles. The van der Waals surface area contributed by atoms with Gasteiger partial charge in [-0.2, -0.15) is 0 Å². The Morgan fingerprint density at radius 3 is 2.39 bits per heavy atom. The lowest BCUT2D eigenvalue weighted by molar-refractivity contribution is -0.274. The number of aryl methyl sites for hydroxylation is 2. The molecular formula is C27H41FN4O8Si. The molecule has 228 valence electrons. The Hall–Kier alpha value is -2.30. The number of hydrogen-bond acceptors (Lipinski definition) is 10. The number of carbonyl (C=O) groups is 1. The van der Waals surface area contributed by atoms with E-state index in [1.54, 1.807) is 36.1 Å². The number of ether oxygens (including phenoxy) is 2. The molecule has 1 aromatic heterocycles. The van der Waals surface area contributed by atoms with Crippen molar-refractivity contribution in [3.8, 4) is 0 Å². The van der Waals surface area contributed by atoms with Gasteiger partial charge in [0, 0.05) is 37.0 Å². The van der Waals surface area contributed by atoms with Crippen molar-refractivity contribution in [3.05, 3.63) is 41.7 Å². The van der Waals surface area contributed by atoms with Crippen molar-refractivity contribution in [2.45, 2.75) is 101 Å². The van der Waals surface area contributed by atoms with Gasteiger partial charge in [-0.3, -0.25) is 9.48 Å². The first-order valence-electron chi connectivity index (χ1n) is 14.0. The third-order valence-corrected chi connectivity index (χ3v) is 10.6. The maximum atomic E-state index is 15.4. The van der Waals surface area contributed by atoms with Crippen LogP contribution in [-0.4, -0.2) is 104 Å². The molecule has 0 unspecified atom stereocenters. The van der Waals surface area contributed by atoms with Gasteiger partial charge in [-0.15, -0.1) is 5.10 Å². The van der Waals surface area contributed by atoms with Gasteiger partial charge in [0.05, 0.1) is 17.9 Å². The third-order valence-electron chi connectivity index (χ3n) is 8.08. The van der Waals surface area contributed by atoms with Gasteiger partial charge in [-0.1, -0.05) is 24.3 Å². The van der Waals surface area contributed by atoms with Crippen LogP contribution in [0.4, 0.5) is 9.80 Å². The van der Waals surface area contributed by atoms with Gasteiger partial charge in [-0.05, 0) is 56.0 Å². The Morgan fingerprint density at radius 1 is 1.02 bits per heavy atom. The summed E-state index contributed by atoms with van der Waals surface area (Å²) in [6.45, 7) is 6.08. The molecule has 6 N–H and O–H groups in total. The number of aromatic nitrogens is 3. The molecule has 0 bridgehead atoms. The summed E-state index contributed by atoms with van der Waals surface area (Å²) in [5.74, 6) is -0.717. The summed E-state index contributed by atoms with van der Waals surface area (Å²) in [6.07, 6.45) is -4.59. The zero-order chi connectivity index (χ0) is 29.9. The second-order valence-electron chi connectivity index (χ2n) is 11.5. The van der Waals surface area contributed by atoms with Crippen molar-refractivity contribution >= 4 is 20.0 Å². The fourth-order valence-electron chi connectivity index (χ4n) is 5.94. The van der Waals surface area contributed by atoms with E-state index in [1.807, 2.05) is 12.1 Å². The molecule has 3 heterocycles. The Morgan fingerprint density at radius 2 is 1.73 bits per heavy atom. The number of amides is 1. The van der Waals surface area contributed by atoms with Crippen LogP contribution in [0.25, 0.3) is 0 Å². The maximum absolute atomic E-state index is 15.4. The Labute approximate surface area is 239 Å².